The Morgan fingerprint density at radius 1 is 1.17 bits per heavy atom. The standard InChI is InChI=1S/C18H31N5O/c1-4-10-21-11-6-5-9-17(21)18(24)22-12-7-8-16(13-22)23-15(3)19-14(2)20-23/h16-17H,4-13H2,1-3H3/t16-,17+/m0/s1. The Balaban J connectivity index is 1.69. The molecule has 2 atom stereocenters. The third-order valence-electron chi connectivity index (χ3n) is 5.37. The summed E-state index contributed by atoms with van der Waals surface area (Å²) in [6.45, 7) is 9.91. The molecule has 3 heterocycles. The van der Waals surface area contributed by atoms with Crippen molar-refractivity contribution in [1.82, 2.24) is 24.6 Å². The van der Waals surface area contributed by atoms with Gasteiger partial charge in [0.25, 0.3) is 0 Å². The highest BCUT2D eigenvalue weighted by Crippen LogP contribution is 2.25. The van der Waals surface area contributed by atoms with Crippen LogP contribution in [-0.2, 0) is 4.79 Å². The van der Waals surface area contributed by atoms with Crippen molar-refractivity contribution in [3.05, 3.63) is 11.6 Å². The highest BCUT2D eigenvalue weighted by molar-refractivity contribution is 5.82. The van der Waals surface area contributed by atoms with Gasteiger partial charge in [-0.1, -0.05) is 13.3 Å². The molecule has 6 heteroatoms. The third-order valence-corrected chi connectivity index (χ3v) is 5.37. The summed E-state index contributed by atoms with van der Waals surface area (Å²) in [6.07, 6.45) is 6.66. The molecule has 0 aliphatic carbocycles. The topological polar surface area (TPSA) is 54.3 Å². The molecule has 0 saturated carbocycles. The second-order valence-corrected chi connectivity index (χ2v) is 7.28. The van der Waals surface area contributed by atoms with Crippen molar-refractivity contribution in [3.63, 3.8) is 0 Å². The lowest BCUT2D eigenvalue weighted by atomic mass is 9.98. The molecule has 1 amide bonds. The van der Waals surface area contributed by atoms with E-state index >= 15 is 0 Å². The van der Waals surface area contributed by atoms with Crippen LogP contribution in [0.2, 0.25) is 0 Å². The minimum absolute atomic E-state index is 0.0935. The molecule has 0 bridgehead atoms. The minimum Gasteiger partial charge on any atom is -0.339 e. The number of piperidine rings is 2. The van der Waals surface area contributed by atoms with Crippen molar-refractivity contribution in [1.29, 1.82) is 0 Å². The zero-order valence-corrected chi connectivity index (χ0v) is 15.4. The fourth-order valence-electron chi connectivity index (χ4n) is 4.27. The van der Waals surface area contributed by atoms with Gasteiger partial charge < -0.3 is 4.90 Å². The lowest BCUT2D eigenvalue weighted by Crippen LogP contribution is -2.53. The molecule has 2 aliphatic heterocycles. The summed E-state index contributed by atoms with van der Waals surface area (Å²) in [5.74, 6) is 2.11. The Bertz CT molecular complexity index is 568. The Kier molecular flexibility index (Phi) is 5.54. The first-order valence-electron chi connectivity index (χ1n) is 9.52. The van der Waals surface area contributed by atoms with Gasteiger partial charge in [0.15, 0.2) is 0 Å². The first-order chi connectivity index (χ1) is 11.6. The molecule has 2 saturated heterocycles. The maximum absolute atomic E-state index is 13.1. The van der Waals surface area contributed by atoms with Gasteiger partial charge in [-0.3, -0.25) is 9.69 Å². The van der Waals surface area contributed by atoms with Gasteiger partial charge in [0.1, 0.15) is 11.6 Å². The SMILES string of the molecule is CCCN1CCCC[C@@H]1C(=O)N1CCC[C@H](n2nc(C)nc2C)C1. The molecule has 0 unspecified atom stereocenters. The van der Waals surface area contributed by atoms with Gasteiger partial charge in [-0.2, -0.15) is 5.10 Å². The van der Waals surface area contributed by atoms with Crippen LogP contribution < -0.4 is 0 Å². The van der Waals surface area contributed by atoms with Crippen molar-refractivity contribution in [3.8, 4) is 0 Å². The zero-order chi connectivity index (χ0) is 17.1. The average molecular weight is 333 g/mol. The zero-order valence-electron chi connectivity index (χ0n) is 15.4. The number of rotatable bonds is 4. The van der Waals surface area contributed by atoms with E-state index in [-0.39, 0.29) is 12.1 Å². The molecule has 3 rings (SSSR count). The van der Waals surface area contributed by atoms with Crippen LogP contribution in [0.15, 0.2) is 0 Å². The first-order valence-corrected chi connectivity index (χ1v) is 9.52. The van der Waals surface area contributed by atoms with E-state index in [9.17, 15) is 4.79 Å². The quantitative estimate of drug-likeness (QED) is 0.848. The summed E-state index contributed by atoms with van der Waals surface area (Å²) >= 11 is 0. The molecule has 1 aromatic rings. The van der Waals surface area contributed by atoms with Crippen molar-refractivity contribution in [2.75, 3.05) is 26.2 Å². The Hall–Kier alpha value is -1.43. The molecular weight excluding hydrogens is 302 g/mol. The maximum atomic E-state index is 13.1. The molecule has 24 heavy (non-hydrogen) atoms. The smallest absolute Gasteiger partial charge is 0.239 e. The fourth-order valence-corrected chi connectivity index (χ4v) is 4.27. The molecular formula is C18H31N5O. The number of hydrogen-bond acceptors (Lipinski definition) is 4. The number of carbonyl (C=O) groups is 1. The van der Waals surface area contributed by atoms with E-state index in [1.54, 1.807) is 0 Å². The monoisotopic (exact) mass is 333 g/mol. The number of amides is 1. The van der Waals surface area contributed by atoms with Crippen LogP contribution in [0.5, 0.6) is 0 Å². The van der Waals surface area contributed by atoms with Crippen LogP contribution in [0, 0.1) is 13.8 Å². The van der Waals surface area contributed by atoms with Gasteiger partial charge in [-0.15, -0.1) is 0 Å². The van der Waals surface area contributed by atoms with E-state index in [0.717, 1.165) is 63.5 Å². The van der Waals surface area contributed by atoms with Crippen molar-refractivity contribution >= 4 is 5.91 Å². The van der Waals surface area contributed by atoms with Gasteiger partial charge in [0, 0.05) is 13.1 Å². The van der Waals surface area contributed by atoms with Crippen LogP contribution in [0.1, 0.15) is 63.1 Å². The predicted octanol–water partition coefficient (Wildman–Crippen LogP) is 2.32. The van der Waals surface area contributed by atoms with Crippen molar-refractivity contribution < 1.29 is 4.79 Å². The van der Waals surface area contributed by atoms with Crippen LogP contribution in [-0.4, -0.2) is 62.7 Å². The second-order valence-electron chi connectivity index (χ2n) is 7.28. The second kappa shape index (κ2) is 7.64. The van der Waals surface area contributed by atoms with E-state index in [0.29, 0.717) is 5.91 Å². The summed E-state index contributed by atoms with van der Waals surface area (Å²) in [7, 11) is 0. The predicted molar refractivity (Wildman–Crippen MR) is 93.9 cm³/mol. The highest BCUT2D eigenvalue weighted by Gasteiger charge is 2.34. The van der Waals surface area contributed by atoms with Gasteiger partial charge >= 0.3 is 0 Å². The summed E-state index contributed by atoms with van der Waals surface area (Å²) in [5, 5.41) is 4.54. The maximum Gasteiger partial charge on any atom is 0.239 e. The summed E-state index contributed by atoms with van der Waals surface area (Å²) < 4.78 is 2.03. The molecule has 134 valence electrons. The first kappa shape index (κ1) is 17.4. The summed E-state index contributed by atoms with van der Waals surface area (Å²) in [5.41, 5.74) is 0. The fraction of sp³-hybridized carbons (Fsp3) is 0.833. The number of nitrogens with zero attached hydrogens (tertiary/aromatic N) is 5. The molecule has 0 aromatic carbocycles. The number of likely N-dealkylation sites (tertiary alicyclic amines) is 2. The van der Waals surface area contributed by atoms with Crippen LogP contribution in [0.3, 0.4) is 0 Å². The van der Waals surface area contributed by atoms with Gasteiger partial charge in [0.2, 0.25) is 5.91 Å². The van der Waals surface area contributed by atoms with Gasteiger partial charge in [-0.25, -0.2) is 9.67 Å². The van der Waals surface area contributed by atoms with E-state index in [2.05, 4.69) is 26.8 Å². The number of hydrogen-bond donors (Lipinski definition) is 0. The lowest BCUT2D eigenvalue weighted by Gasteiger charge is -2.40. The van der Waals surface area contributed by atoms with Crippen molar-refractivity contribution in [2.24, 2.45) is 0 Å². The third kappa shape index (κ3) is 3.63. The molecule has 0 spiro atoms. The molecule has 0 radical (unpaired) electrons. The number of carbonyl (C=O) groups excluding carboxylic acids is 1. The molecule has 1 aromatic heterocycles. The highest BCUT2D eigenvalue weighted by atomic mass is 16.2. The molecule has 2 fully saturated rings. The van der Waals surface area contributed by atoms with E-state index in [1.807, 2.05) is 18.5 Å². The molecule has 0 N–H and O–H groups in total. The van der Waals surface area contributed by atoms with Crippen LogP contribution in [0.4, 0.5) is 0 Å². The van der Waals surface area contributed by atoms with Crippen LogP contribution in [0.25, 0.3) is 0 Å². The Morgan fingerprint density at radius 2 is 2.00 bits per heavy atom. The number of aromatic nitrogens is 3. The Labute approximate surface area is 145 Å². The van der Waals surface area contributed by atoms with E-state index < -0.39 is 0 Å². The molecule has 2 aliphatic rings. The minimum atomic E-state index is 0.0935. The van der Waals surface area contributed by atoms with Crippen LogP contribution >= 0.6 is 0 Å². The van der Waals surface area contributed by atoms with Gasteiger partial charge in [0.05, 0.1) is 12.1 Å². The van der Waals surface area contributed by atoms with E-state index in [1.165, 1.54) is 12.8 Å². The number of aryl methyl sites for hydroxylation is 2. The normalized spacial score (nSPS) is 25.9. The van der Waals surface area contributed by atoms with E-state index in [4.69, 9.17) is 0 Å². The summed E-state index contributed by atoms with van der Waals surface area (Å²) in [6, 6.07) is 0.364. The molecule has 6 nitrogen and oxygen atoms in total. The average Bonchev–Trinajstić information content (AvgIpc) is 2.93. The Morgan fingerprint density at radius 3 is 2.71 bits per heavy atom. The lowest BCUT2D eigenvalue weighted by molar-refractivity contribution is -0.140. The summed E-state index contributed by atoms with van der Waals surface area (Å²) in [4.78, 5) is 22.1. The van der Waals surface area contributed by atoms with Gasteiger partial charge in [-0.05, 0) is 59.0 Å². The van der Waals surface area contributed by atoms with Crippen molar-refractivity contribution in [2.45, 2.75) is 71.4 Å². The largest absolute Gasteiger partial charge is 0.339 e.